The van der Waals surface area contributed by atoms with E-state index in [1.54, 1.807) is 36.4 Å². The Labute approximate surface area is 137 Å². The number of halogens is 1. The van der Waals surface area contributed by atoms with E-state index in [1.165, 1.54) is 24.5 Å². The van der Waals surface area contributed by atoms with Crippen molar-refractivity contribution in [1.29, 1.82) is 0 Å². The minimum absolute atomic E-state index is 0.233. The molecule has 2 aromatic carbocycles. The van der Waals surface area contributed by atoms with E-state index < -0.39 is 10.0 Å². The van der Waals surface area contributed by atoms with Crippen LogP contribution in [0.5, 0.6) is 0 Å². The lowest BCUT2D eigenvalue weighted by Crippen LogP contribution is -2.23. The molecule has 0 atom stereocenters. The molecule has 23 heavy (non-hydrogen) atoms. The Kier molecular flexibility index (Phi) is 5.51. The van der Waals surface area contributed by atoms with Crippen LogP contribution < -0.4 is 0 Å². The van der Waals surface area contributed by atoms with Crippen molar-refractivity contribution < 1.29 is 12.8 Å². The fourth-order valence-electron chi connectivity index (χ4n) is 2.30. The van der Waals surface area contributed by atoms with E-state index >= 15 is 0 Å². The standard InChI is InChI=1S/C17H21FN2O2S/c1-19(2)23(21,22)16-9-6-7-14(11-16)12-20(3)13-15-8-4-5-10-17(15)18/h4-11H,12-13H2,1-3H3. The molecular formula is C17H21FN2O2S. The number of hydrogen-bond donors (Lipinski definition) is 0. The Morgan fingerprint density at radius 2 is 1.65 bits per heavy atom. The molecule has 0 heterocycles. The van der Waals surface area contributed by atoms with E-state index in [9.17, 15) is 12.8 Å². The summed E-state index contributed by atoms with van der Waals surface area (Å²) in [5.74, 6) is -0.233. The lowest BCUT2D eigenvalue weighted by molar-refractivity contribution is 0.313. The maximum Gasteiger partial charge on any atom is 0.242 e. The Bertz CT molecular complexity index is 776. The predicted octanol–water partition coefficient (Wildman–Crippen LogP) is 2.71. The van der Waals surface area contributed by atoms with Crippen LogP contribution >= 0.6 is 0 Å². The monoisotopic (exact) mass is 336 g/mol. The minimum atomic E-state index is -3.45. The molecule has 0 aliphatic heterocycles. The van der Waals surface area contributed by atoms with E-state index in [0.717, 1.165) is 5.56 Å². The Morgan fingerprint density at radius 1 is 0.957 bits per heavy atom. The fraction of sp³-hybridized carbons (Fsp3) is 0.294. The molecule has 0 saturated carbocycles. The second-order valence-electron chi connectivity index (χ2n) is 5.70. The van der Waals surface area contributed by atoms with Gasteiger partial charge in [0.2, 0.25) is 10.0 Å². The van der Waals surface area contributed by atoms with Crippen LogP contribution in [0.4, 0.5) is 4.39 Å². The molecule has 6 heteroatoms. The van der Waals surface area contributed by atoms with Gasteiger partial charge in [0.1, 0.15) is 5.82 Å². The first kappa shape index (κ1) is 17.6. The highest BCUT2D eigenvalue weighted by molar-refractivity contribution is 7.89. The van der Waals surface area contributed by atoms with E-state index in [1.807, 2.05) is 18.0 Å². The third kappa shape index (κ3) is 4.37. The van der Waals surface area contributed by atoms with Crippen molar-refractivity contribution in [3.63, 3.8) is 0 Å². The van der Waals surface area contributed by atoms with E-state index in [-0.39, 0.29) is 10.7 Å². The van der Waals surface area contributed by atoms with Crippen LogP contribution in [0.25, 0.3) is 0 Å². The number of benzene rings is 2. The molecule has 0 aliphatic rings. The normalized spacial score (nSPS) is 12.1. The molecule has 4 nitrogen and oxygen atoms in total. The van der Waals surface area contributed by atoms with Crippen molar-refractivity contribution in [2.45, 2.75) is 18.0 Å². The predicted molar refractivity (Wildman–Crippen MR) is 88.9 cm³/mol. The minimum Gasteiger partial charge on any atom is -0.298 e. The Hall–Kier alpha value is -1.76. The van der Waals surface area contributed by atoms with Gasteiger partial charge < -0.3 is 0 Å². The Balaban J connectivity index is 2.13. The summed E-state index contributed by atoms with van der Waals surface area (Å²) in [7, 11) is 1.44. The molecule has 0 radical (unpaired) electrons. The van der Waals surface area contributed by atoms with Crippen molar-refractivity contribution in [1.82, 2.24) is 9.21 Å². The summed E-state index contributed by atoms with van der Waals surface area (Å²) < 4.78 is 39.2. The SMILES string of the molecule is CN(Cc1cccc(S(=O)(=O)N(C)C)c1)Cc1ccccc1F. The van der Waals surface area contributed by atoms with Gasteiger partial charge in [-0.15, -0.1) is 0 Å². The van der Waals surface area contributed by atoms with Gasteiger partial charge in [-0.05, 0) is 30.8 Å². The first-order valence-corrected chi connectivity index (χ1v) is 8.68. The molecule has 0 aromatic heterocycles. The van der Waals surface area contributed by atoms with Gasteiger partial charge in [-0.2, -0.15) is 0 Å². The van der Waals surface area contributed by atoms with Gasteiger partial charge in [-0.1, -0.05) is 30.3 Å². The molecular weight excluding hydrogens is 315 g/mol. The zero-order chi connectivity index (χ0) is 17.0. The van der Waals surface area contributed by atoms with Gasteiger partial charge in [0, 0.05) is 32.7 Å². The average molecular weight is 336 g/mol. The van der Waals surface area contributed by atoms with Crippen LogP contribution in [0, 0.1) is 5.82 Å². The number of rotatable bonds is 6. The zero-order valence-corrected chi connectivity index (χ0v) is 14.3. The molecule has 0 bridgehead atoms. The van der Waals surface area contributed by atoms with Crippen molar-refractivity contribution in [2.75, 3.05) is 21.1 Å². The number of nitrogens with zero attached hydrogens (tertiary/aromatic N) is 2. The Morgan fingerprint density at radius 3 is 2.30 bits per heavy atom. The number of hydrogen-bond acceptors (Lipinski definition) is 3. The molecule has 2 rings (SSSR count). The highest BCUT2D eigenvalue weighted by Crippen LogP contribution is 2.17. The van der Waals surface area contributed by atoms with Crippen molar-refractivity contribution in [2.24, 2.45) is 0 Å². The van der Waals surface area contributed by atoms with E-state index in [4.69, 9.17) is 0 Å². The lowest BCUT2D eigenvalue weighted by atomic mass is 10.1. The van der Waals surface area contributed by atoms with Crippen molar-refractivity contribution in [3.05, 3.63) is 65.5 Å². The summed E-state index contributed by atoms with van der Waals surface area (Å²) in [6.07, 6.45) is 0. The molecule has 0 fully saturated rings. The second kappa shape index (κ2) is 7.21. The van der Waals surface area contributed by atoms with E-state index in [2.05, 4.69) is 0 Å². The third-order valence-corrected chi connectivity index (χ3v) is 5.34. The van der Waals surface area contributed by atoms with Gasteiger partial charge in [0.25, 0.3) is 0 Å². The van der Waals surface area contributed by atoms with Crippen molar-refractivity contribution >= 4 is 10.0 Å². The van der Waals surface area contributed by atoms with Gasteiger partial charge in [0.15, 0.2) is 0 Å². The summed E-state index contributed by atoms with van der Waals surface area (Å²) in [5.41, 5.74) is 1.49. The maximum atomic E-state index is 13.7. The number of sulfonamides is 1. The lowest BCUT2D eigenvalue weighted by Gasteiger charge is -2.18. The summed E-state index contributed by atoms with van der Waals surface area (Å²) in [4.78, 5) is 2.21. The second-order valence-corrected chi connectivity index (χ2v) is 7.85. The summed E-state index contributed by atoms with van der Waals surface area (Å²) >= 11 is 0. The average Bonchev–Trinajstić information content (AvgIpc) is 2.49. The quantitative estimate of drug-likeness (QED) is 0.814. The highest BCUT2D eigenvalue weighted by atomic mass is 32.2. The summed E-state index contributed by atoms with van der Waals surface area (Å²) in [5, 5.41) is 0. The maximum absolute atomic E-state index is 13.7. The van der Waals surface area contributed by atoms with Crippen LogP contribution in [0.2, 0.25) is 0 Å². The van der Waals surface area contributed by atoms with Crippen LogP contribution in [0.1, 0.15) is 11.1 Å². The van der Waals surface area contributed by atoms with Gasteiger partial charge >= 0.3 is 0 Å². The summed E-state index contributed by atoms with van der Waals surface area (Å²) in [6, 6.07) is 13.5. The largest absolute Gasteiger partial charge is 0.298 e. The molecule has 0 N–H and O–H groups in total. The first-order valence-electron chi connectivity index (χ1n) is 7.24. The van der Waals surface area contributed by atoms with Gasteiger partial charge in [-0.25, -0.2) is 17.1 Å². The van der Waals surface area contributed by atoms with Crippen LogP contribution in [0.3, 0.4) is 0 Å². The molecule has 0 aliphatic carbocycles. The fourth-order valence-corrected chi connectivity index (χ4v) is 3.27. The first-order chi connectivity index (χ1) is 10.8. The highest BCUT2D eigenvalue weighted by Gasteiger charge is 2.17. The molecule has 0 amide bonds. The zero-order valence-electron chi connectivity index (χ0n) is 13.5. The molecule has 0 spiro atoms. The topological polar surface area (TPSA) is 40.6 Å². The van der Waals surface area contributed by atoms with Crippen LogP contribution in [0.15, 0.2) is 53.4 Å². The molecule has 2 aromatic rings. The van der Waals surface area contributed by atoms with Gasteiger partial charge in [-0.3, -0.25) is 4.90 Å². The molecule has 0 saturated heterocycles. The van der Waals surface area contributed by atoms with Gasteiger partial charge in [0.05, 0.1) is 4.90 Å². The van der Waals surface area contributed by atoms with Crippen molar-refractivity contribution in [3.8, 4) is 0 Å². The third-order valence-electron chi connectivity index (χ3n) is 3.53. The molecule has 124 valence electrons. The van der Waals surface area contributed by atoms with E-state index in [0.29, 0.717) is 18.7 Å². The molecule has 0 unspecified atom stereocenters. The van der Waals surface area contributed by atoms with Crippen LogP contribution in [-0.4, -0.2) is 38.8 Å². The van der Waals surface area contributed by atoms with Crippen LogP contribution in [-0.2, 0) is 23.1 Å². The summed E-state index contributed by atoms with van der Waals surface area (Å²) in [6.45, 7) is 0.989. The smallest absolute Gasteiger partial charge is 0.242 e.